The Morgan fingerprint density at radius 1 is 1.50 bits per heavy atom. The summed E-state index contributed by atoms with van der Waals surface area (Å²) in [6, 6.07) is 4.57. The molecule has 4 nitrogen and oxygen atoms in total. The zero-order valence-electron chi connectivity index (χ0n) is 8.33. The van der Waals surface area contributed by atoms with E-state index in [0.717, 1.165) is 0 Å². The van der Waals surface area contributed by atoms with Gasteiger partial charge in [-0.05, 0) is 25.0 Å². The summed E-state index contributed by atoms with van der Waals surface area (Å²) in [4.78, 5) is 18.0. The molecule has 0 bridgehead atoms. The summed E-state index contributed by atoms with van der Waals surface area (Å²) in [5.41, 5.74) is -0.154. The van der Waals surface area contributed by atoms with Gasteiger partial charge in [-0.3, -0.25) is 4.79 Å². The molecule has 0 atom stereocenters. The highest BCUT2D eigenvalue weighted by molar-refractivity contribution is 5.86. The molecule has 2 N–H and O–H groups in total. The van der Waals surface area contributed by atoms with Crippen LogP contribution >= 0.6 is 0 Å². The number of fused-ring (bicyclic) bond motifs is 1. The number of carbonyl (C=O) groups is 1. The second kappa shape index (κ2) is 2.81. The predicted octanol–water partition coefficient (Wildman–Crippen LogP) is 1.82. The van der Waals surface area contributed by atoms with Crippen molar-refractivity contribution in [3.63, 3.8) is 0 Å². The quantitative estimate of drug-likeness (QED) is 0.811. The highest BCUT2D eigenvalue weighted by atomic mass is 19.1. The van der Waals surface area contributed by atoms with Gasteiger partial charge in [-0.15, -0.1) is 0 Å². The Labute approximate surface area is 90.1 Å². The van der Waals surface area contributed by atoms with Gasteiger partial charge in [0.15, 0.2) is 5.82 Å². The van der Waals surface area contributed by atoms with Crippen molar-refractivity contribution in [2.45, 2.75) is 18.3 Å². The van der Waals surface area contributed by atoms with E-state index in [1.54, 1.807) is 12.1 Å². The molecule has 0 aliphatic heterocycles. The van der Waals surface area contributed by atoms with Gasteiger partial charge in [0, 0.05) is 0 Å². The average Bonchev–Trinajstić information content (AvgIpc) is 2.94. The van der Waals surface area contributed by atoms with Crippen LogP contribution in [0.3, 0.4) is 0 Å². The topological polar surface area (TPSA) is 66.0 Å². The SMILES string of the molecule is O=C(O)C1(c2nc3c(F)cccc3[nH]2)CC1. The lowest BCUT2D eigenvalue weighted by atomic mass is 10.1. The number of para-hydroxylation sites is 1. The molecule has 16 heavy (non-hydrogen) atoms. The van der Waals surface area contributed by atoms with Crippen molar-refractivity contribution in [3.8, 4) is 0 Å². The van der Waals surface area contributed by atoms with Crippen LogP contribution in [0.15, 0.2) is 18.2 Å². The number of aromatic amines is 1. The van der Waals surface area contributed by atoms with Crippen LogP contribution in [-0.4, -0.2) is 21.0 Å². The lowest BCUT2D eigenvalue weighted by molar-refractivity contribution is -0.140. The first-order valence-corrected chi connectivity index (χ1v) is 5.02. The van der Waals surface area contributed by atoms with Crippen LogP contribution in [0.1, 0.15) is 18.7 Å². The summed E-state index contributed by atoms with van der Waals surface area (Å²) in [5.74, 6) is -0.965. The molecule has 0 saturated heterocycles. The van der Waals surface area contributed by atoms with Gasteiger partial charge in [-0.1, -0.05) is 6.07 Å². The number of halogens is 1. The van der Waals surface area contributed by atoms with Crippen molar-refractivity contribution >= 4 is 17.0 Å². The number of aromatic nitrogens is 2. The van der Waals surface area contributed by atoms with Crippen LogP contribution in [-0.2, 0) is 10.2 Å². The molecular formula is C11H9FN2O2. The minimum Gasteiger partial charge on any atom is -0.480 e. The van der Waals surface area contributed by atoms with E-state index in [1.807, 2.05) is 0 Å². The molecule has 82 valence electrons. The first kappa shape index (κ1) is 9.33. The van der Waals surface area contributed by atoms with E-state index in [2.05, 4.69) is 9.97 Å². The number of nitrogens with zero attached hydrogens (tertiary/aromatic N) is 1. The Morgan fingerprint density at radius 3 is 2.81 bits per heavy atom. The van der Waals surface area contributed by atoms with E-state index in [0.29, 0.717) is 24.2 Å². The molecule has 2 aromatic rings. The predicted molar refractivity (Wildman–Crippen MR) is 54.6 cm³/mol. The van der Waals surface area contributed by atoms with Crippen LogP contribution in [0.25, 0.3) is 11.0 Å². The molecule has 0 radical (unpaired) electrons. The maximum Gasteiger partial charge on any atom is 0.317 e. The normalized spacial score (nSPS) is 17.6. The molecule has 1 aromatic carbocycles. The van der Waals surface area contributed by atoms with Gasteiger partial charge in [-0.2, -0.15) is 0 Å². The second-order valence-corrected chi connectivity index (χ2v) is 4.11. The molecule has 1 aromatic heterocycles. The maximum atomic E-state index is 13.4. The highest BCUT2D eigenvalue weighted by Gasteiger charge is 2.54. The van der Waals surface area contributed by atoms with Gasteiger partial charge >= 0.3 is 5.97 Å². The van der Waals surface area contributed by atoms with Gasteiger partial charge < -0.3 is 10.1 Å². The molecule has 3 rings (SSSR count). The molecule has 0 spiro atoms. The summed E-state index contributed by atoms with van der Waals surface area (Å²) >= 11 is 0. The van der Waals surface area contributed by atoms with Crippen molar-refractivity contribution in [2.24, 2.45) is 0 Å². The molecule has 0 amide bonds. The molecule has 1 aliphatic rings. The van der Waals surface area contributed by atoms with Crippen LogP contribution < -0.4 is 0 Å². The summed E-state index contributed by atoms with van der Waals surface area (Å²) in [6.07, 6.45) is 1.12. The van der Waals surface area contributed by atoms with E-state index < -0.39 is 17.2 Å². The van der Waals surface area contributed by atoms with Crippen molar-refractivity contribution in [3.05, 3.63) is 29.8 Å². The van der Waals surface area contributed by atoms with Crippen molar-refractivity contribution in [1.29, 1.82) is 0 Å². The minimum atomic E-state index is -0.911. The van der Waals surface area contributed by atoms with Crippen LogP contribution in [0.4, 0.5) is 4.39 Å². The van der Waals surface area contributed by atoms with Crippen LogP contribution in [0.2, 0.25) is 0 Å². The van der Waals surface area contributed by atoms with Gasteiger partial charge in [0.05, 0.1) is 5.52 Å². The summed E-state index contributed by atoms with van der Waals surface area (Å²) in [5, 5.41) is 9.10. The third-order valence-corrected chi connectivity index (χ3v) is 3.08. The number of hydrogen-bond donors (Lipinski definition) is 2. The maximum absolute atomic E-state index is 13.4. The standard InChI is InChI=1S/C11H9FN2O2/c12-6-2-1-3-7-8(6)14-9(13-7)11(4-5-11)10(15)16/h1-3H,4-5H2,(H,13,14)(H,15,16). The Hall–Kier alpha value is -1.91. The highest BCUT2D eigenvalue weighted by Crippen LogP contribution is 2.47. The van der Waals surface area contributed by atoms with E-state index >= 15 is 0 Å². The number of carboxylic acid groups (broad SMARTS) is 1. The molecule has 1 fully saturated rings. The number of imidazole rings is 1. The van der Waals surface area contributed by atoms with E-state index in [4.69, 9.17) is 5.11 Å². The van der Waals surface area contributed by atoms with E-state index in [-0.39, 0.29) is 5.52 Å². The second-order valence-electron chi connectivity index (χ2n) is 4.11. The monoisotopic (exact) mass is 220 g/mol. The molecule has 1 heterocycles. The lowest BCUT2D eigenvalue weighted by Crippen LogP contribution is -2.20. The van der Waals surface area contributed by atoms with E-state index in [1.165, 1.54) is 6.07 Å². The fourth-order valence-electron chi connectivity index (χ4n) is 1.90. The molecule has 1 saturated carbocycles. The van der Waals surface area contributed by atoms with E-state index in [9.17, 15) is 9.18 Å². The third-order valence-electron chi connectivity index (χ3n) is 3.08. The zero-order valence-corrected chi connectivity index (χ0v) is 8.33. The van der Waals surface area contributed by atoms with Gasteiger partial charge in [-0.25, -0.2) is 9.37 Å². The fourth-order valence-corrected chi connectivity index (χ4v) is 1.90. The number of H-pyrrole nitrogens is 1. The molecule has 1 aliphatic carbocycles. The van der Waals surface area contributed by atoms with Crippen LogP contribution in [0.5, 0.6) is 0 Å². The molecular weight excluding hydrogens is 211 g/mol. The van der Waals surface area contributed by atoms with Crippen molar-refractivity contribution < 1.29 is 14.3 Å². The van der Waals surface area contributed by atoms with Crippen molar-refractivity contribution in [2.75, 3.05) is 0 Å². The van der Waals surface area contributed by atoms with Crippen molar-refractivity contribution in [1.82, 2.24) is 9.97 Å². The number of nitrogens with one attached hydrogen (secondary N) is 1. The summed E-state index contributed by atoms with van der Waals surface area (Å²) in [7, 11) is 0. The van der Waals surface area contributed by atoms with Gasteiger partial charge in [0.2, 0.25) is 0 Å². The summed E-state index contributed by atoms with van der Waals surface area (Å²) < 4.78 is 13.4. The summed E-state index contributed by atoms with van der Waals surface area (Å²) in [6.45, 7) is 0. The largest absolute Gasteiger partial charge is 0.480 e. The first-order chi connectivity index (χ1) is 7.63. The first-order valence-electron chi connectivity index (χ1n) is 5.02. The number of benzene rings is 1. The number of aliphatic carboxylic acids is 1. The molecule has 5 heteroatoms. The third kappa shape index (κ3) is 1.08. The average molecular weight is 220 g/mol. The Kier molecular flexibility index (Phi) is 1.64. The number of hydrogen-bond acceptors (Lipinski definition) is 2. The van der Waals surface area contributed by atoms with Crippen LogP contribution in [0, 0.1) is 5.82 Å². The Bertz CT molecular complexity index is 587. The zero-order chi connectivity index (χ0) is 11.3. The fraction of sp³-hybridized carbons (Fsp3) is 0.273. The number of rotatable bonds is 2. The lowest BCUT2D eigenvalue weighted by Gasteiger charge is -2.03. The van der Waals surface area contributed by atoms with Gasteiger partial charge in [0.1, 0.15) is 16.8 Å². The van der Waals surface area contributed by atoms with Gasteiger partial charge in [0.25, 0.3) is 0 Å². The Balaban J connectivity index is 2.20. The minimum absolute atomic E-state index is 0.213. The number of carboxylic acids is 1. The Morgan fingerprint density at radius 2 is 2.25 bits per heavy atom. The molecule has 0 unspecified atom stereocenters. The smallest absolute Gasteiger partial charge is 0.317 e.